The Morgan fingerprint density at radius 3 is 2.12 bits per heavy atom. The van der Waals surface area contributed by atoms with Crippen molar-refractivity contribution in [2.75, 3.05) is 0 Å². The van der Waals surface area contributed by atoms with Crippen LogP contribution in [0, 0.1) is 27.0 Å². The zero-order chi connectivity index (χ0) is 12.8. The van der Waals surface area contributed by atoms with Crippen LogP contribution in [0.25, 0.3) is 9.69 Å². The summed E-state index contributed by atoms with van der Waals surface area (Å²) in [6.45, 7) is 16.9. The number of aryl methyl sites for hydroxylation is 3. The first-order valence-corrected chi connectivity index (χ1v) is 4.83. The van der Waals surface area contributed by atoms with Crippen molar-refractivity contribution in [1.82, 2.24) is 20.0 Å². The molecule has 2 rings (SSSR count). The van der Waals surface area contributed by atoms with Crippen LogP contribution in [-0.2, 0) is 7.05 Å². The van der Waals surface area contributed by atoms with Crippen LogP contribution >= 0.6 is 0 Å². The van der Waals surface area contributed by atoms with E-state index in [0.29, 0.717) is 11.4 Å². The van der Waals surface area contributed by atoms with Gasteiger partial charge in [-0.05, 0) is 13.8 Å². The van der Waals surface area contributed by atoms with Gasteiger partial charge >= 0.3 is 0 Å². The topological polar surface area (TPSA) is 55.2 Å². The van der Waals surface area contributed by atoms with E-state index in [2.05, 4.69) is 25.0 Å². The molecule has 0 radical (unpaired) electrons. The number of H-pyrrole nitrogens is 1. The summed E-state index contributed by atoms with van der Waals surface area (Å²) in [5.74, 6) is 0. The average molecular weight is 228 g/mol. The third kappa shape index (κ3) is 3.18. The number of nitrogens with one attached hydrogen (secondary N) is 1. The summed E-state index contributed by atoms with van der Waals surface area (Å²) in [5.41, 5.74) is 2.87. The van der Waals surface area contributed by atoms with Crippen molar-refractivity contribution in [3.05, 3.63) is 46.6 Å². The molecule has 0 bridgehead atoms. The first-order chi connectivity index (χ1) is 8.08. The van der Waals surface area contributed by atoms with Crippen molar-refractivity contribution in [2.45, 2.75) is 13.8 Å². The molecule has 0 fully saturated rings. The summed E-state index contributed by atoms with van der Waals surface area (Å²) in [4.78, 5) is 6.44. The highest BCUT2D eigenvalue weighted by Crippen LogP contribution is 2.14. The van der Waals surface area contributed by atoms with Gasteiger partial charge in [-0.15, -0.1) is 0 Å². The Kier molecular flexibility index (Phi) is 4.02. The van der Waals surface area contributed by atoms with Gasteiger partial charge in [-0.2, -0.15) is 10.2 Å². The van der Waals surface area contributed by atoms with Crippen LogP contribution < -0.4 is 0 Å². The molecule has 2 heterocycles. The molecule has 2 aromatic heterocycles. The van der Waals surface area contributed by atoms with E-state index in [-0.39, 0.29) is 0 Å². The third-order valence-corrected chi connectivity index (χ3v) is 2.03. The fraction of sp³-hybridized carbons (Fsp3) is 0.273. The molecule has 0 unspecified atom stereocenters. The summed E-state index contributed by atoms with van der Waals surface area (Å²) < 4.78 is 1.64. The minimum absolute atomic E-state index is 0.602. The monoisotopic (exact) mass is 228 g/mol. The van der Waals surface area contributed by atoms with Gasteiger partial charge in [0.2, 0.25) is 11.4 Å². The molecule has 6 nitrogen and oxygen atoms in total. The number of aromatic nitrogens is 4. The Morgan fingerprint density at radius 1 is 1.24 bits per heavy atom. The third-order valence-electron chi connectivity index (χ3n) is 2.03. The Hall–Kier alpha value is -2.60. The number of aromatic amines is 1. The van der Waals surface area contributed by atoms with Crippen LogP contribution in [0.3, 0.4) is 0 Å². The van der Waals surface area contributed by atoms with Gasteiger partial charge < -0.3 is 0 Å². The predicted octanol–water partition coefficient (Wildman–Crippen LogP) is 2.55. The second-order valence-corrected chi connectivity index (χ2v) is 3.38. The highest BCUT2D eigenvalue weighted by atomic mass is 15.3. The van der Waals surface area contributed by atoms with E-state index in [1.165, 1.54) is 6.20 Å². The SMILES string of the molecule is [C-]#[N+]c1cn(C)nc1C.[C-]#[N+]c1cn[nH]c1C. The van der Waals surface area contributed by atoms with Crippen LogP contribution in [0.4, 0.5) is 11.4 Å². The summed E-state index contributed by atoms with van der Waals surface area (Å²) >= 11 is 0. The lowest BCUT2D eigenvalue weighted by molar-refractivity contribution is 0.756. The van der Waals surface area contributed by atoms with E-state index in [0.717, 1.165) is 11.4 Å². The van der Waals surface area contributed by atoms with Gasteiger partial charge in [0, 0.05) is 18.9 Å². The lowest BCUT2D eigenvalue weighted by Crippen LogP contribution is -1.86. The van der Waals surface area contributed by atoms with Crippen LogP contribution in [0.2, 0.25) is 0 Å². The molecule has 0 amide bonds. The number of hydrogen-bond donors (Lipinski definition) is 1. The molecule has 0 spiro atoms. The number of rotatable bonds is 0. The molecule has 0 aliphatic carbocycles. The molecular formula is C11H12N6. The maximum absolute atomic E-state index is 6.67. The van der Waals surface area contributed by atoms with E-state index >= 15 is 0 Å². The number of nitrogens with zero attached hydrogens (tertiary/aromatic N) is 5. The van der Waals surface area contributed by atoms with Crippen molar-refractivity contribution in [3.8, 4) is 0 Å². The molecular weight excluding hydrogens is 216 g/mol. The van der Waals surface area contributed by atoms with Gasteiger partial charge in [-0.25, -0.2) is 9.69 Å². The molecule has 86 valence electrons. The normalized spacial score (nSPS) is 8.76. The molecule has 0 saturated carbocycles. The van der Waals surface area contributed by atoms with Crippen molar-refractivity contribution in [2.24, 2.45) is 7.05 Å². The van der Waals surface area contributed by atoms with Gasteiger partial charge in [0.1, 0.15) is 0 Å². The van der Waals surface area contributed by atoms with E-state index < -0.39 is 0 Å². The van der Waals surface area contributed by atoms with Gasteiger partial charge in [-0.3, -0.25) is 9.78 Å². The maximum atomic E-state index is 6.67. The first kappa shape index (κ1) is 12.5. The van der Waals surface area contributed by atoms with E-state index in [4.69, 9.17) is 13.1 Å². The molecule has 0 aliphatic rings. The van der Waals surface area contributed by atoms with Crippen molar-refractivity contribution in [3.63, 3.8) is 0 Å². The largest absolute Gasteiger partial charge is 0.294 e. The maximum Gasteiger partial charge on any atom is 0.227 e. The van der Waals surface area contributed by atoms with Crippen LogP contribution in [0.5, 0.6) is 0 Å². The lowest BCUT2D eigenvalue weighted by atomic mass is 10.4. The molecule has 0 aromatic carbocycles. The Labute approximate surface area is 99.5 Å². The van der Waals surface area contributed by atoms with Crippen molar-refractivity contribution >= 4 is 11.4 Å². The Bertz CT molecular complexity index is 578. The second kappa shape index (κ2) is 5.47. The lowest BCUT2D eigenvalue weighted by Gasteiger charge is -1.80. The summed E-state index contributed by atoms with van der Waals surface area (Å²) in [7, 11) is 1.81. The van der Waals surface area contributed by atoms with Gasteiger partial charge in [-0.1, -0.05) is 0 Å². The molecule has 6 heteroatoms. The Morgan fingerprint density at radius 2 is 1.88 bits per heavy atom. The molecule has 17 heavy (non-hydrogen) atoms. The standard InChI is InChI=1S/C6H7N3.C5H5N3/c1-5-6(7-2)4-9(3)8-5;1-4-5(6-2)3-7-8-4/h4H,1,3H3;3H,1H3,(H,7,8). The van der Waals surface area contributed by atoms with Crippen molar-refractivity contribution < 1.29 is 0 Å². The second-order valence-electron chi connectivity index (χ2n) is 3.38. The molecule has 0 saturated heterocycles. The highest BCUT2D eigenvalue weighted by Gasteiger charge is 1.98. The van der Waals surface area contributed by atoms with Crippen LogP contribution in [0.1, 0.15) is 11.4 Å². The highest BCUT2D eigenvalue weighted by molar-refractivity contribution is 5.46. The molecule has 2 aromatic rings. The van der Waals surface area contributed by atoms with Crippen molar-refractivity contribution in [1.29, 1.82) is 0 Å². The zero-order valence-corrected chi connectivity index (χ0v) is 9.89. The molecule has 1 N–H and O–H groups in total. The predicted molar refractivity (Wildman–Crippen MR) is 63.8 cm³/mol. The van der Waals surface area contributed by atoms with Crippen LogP contribution in [0.15, 0.2) is 12.4 Å². The zero-order valence-electron chi connectivity index (χ0n) is 9.89. The fourth-order valence-electron chi connectivity index (χ4n) is 1.15. The minimum Gasteiger partial charge on any atom is -0.294 e. The van der Waals surface area contributed by atoms with Crippen LogP contribution in [-0.4, -0.2) is 20.0 Å². The molecule has 0 atom stereocenters. The fourth-order valence-corrected chi connectivity index (χ4v) is 1.15. The van der Waals surface area contributed by atoms with E-state index in [9.17, 15) is 0 Å². The van der Waals surface area contributed by atoms with Gasteiger partial charge in [0.15, 0.2) is 0 Å². The van der Waals surface area contributed by atoms with Gasteiger partial charge in [0.05, 0.1) is 25.0 Å². The van der Waals surface area contributed by atoms with E-state index in [1.807, 2.05) is 20.9 Å². The number of hydrogen-bond acceptors (Lipinski definition) is 2. The molecule has 0 aliphatic heterocycles. The summed E-state index contributed by atoms with van der Waals surface area (Å²) in [6, 6.07) is 0. The Balaban J connectivity index is 0.000000171. The summed E-state index contributed by atoms with van der Waals surface area (Å²) in [5, 5.41) is 10.3. The van der Waals surface area contributed by atoms with E-state index in [1.54, 1.807) is 10.9 Å². The smallest absolute Gasteiger partial charge is 0.227 e. The minimum atomic E-state index is 0.602. The first-order valence-electron chi connectivity index (χ1n) is 4.83. The van der Waals surface area contributed by atoms with Gasteiger partial charge in [0.25, 0.3) is 0 Å². The quantitative estimate of drug-likeness (QED) is 0.704. The average Bonchev–Trinajstić information content (AvgIpc) is 2.85. The summed E-state index contributed by atoms with van der Waals surface area (Å²) in [6.07, 6.45) is 3.23.